The molecule has 0 spiro atoms. The zero-order valence-electron chi connectivity index (χ0n) is 17.1. The van der Waals surface area contributed by atoms with Crippen molar-refractivity contribution in [2.75, 3.05) is 70.1 Å². The molecule has 2 aromatic rings. The molecule has 0 amide bonds. The van der Waals surface area contributed by atoms with Crippen molar-refractivity contribution in [3.05, 3.63) is 54.2 Å². The van der Waals surface area contributed by atoms with Crippen LogP contribution in [0.1, 0.15) is 12.0 Å². The van der Waals surface area contributed by atoms with E-state index in [1.54, 1.807) is 0 Å². The topological polar surface area (TPSA) is 47.5 Å². The van der Waals surface area contributed by atoms with Crippen molar-refractivity contribution in [3.63, 3.8) is 0 Å². The fourth-order valence-electron chi connectivity index (χ4n) is 3.27. The van der Waals surface area contributed by atoms with E-state index in [0.717, 1.165) is 64.0 Å². The van der Waals surface area contributed by atoms with E-state index in [0.29, 0.717) is 0 Å². The largest absolute Gasteiger partial charge is 0.354 e. The summed E-state index contributed by atoms with van der Waals surface area (Å²) in [5.41, 5.74) is 1.26. The van der Waals surface area contributed by atoms with Crippen LogP contribution in [0.2, 0.25) is 0 Å². The molecule has 6 nitrogen and oxygen atoms in total. The molecule has 0 unspecified atom stereocenters. The summed E-state index contributed by atoms with van der Waals surface area (Å²) in [6.07, 6.45) is 7.39. The van der Waals surface area contributed by atoms with Crippen molar-refractivity contribution in [2.45, 2.75) is 6.42 Å². The molecule has 28 heavy (non-hydrogen) atoms. The Bertz CT molecular complexity index is 723. The lowest BCUT2D eigenvalue weighted by Crippen LogP contribution is -2.46. The molecule has 150 valence electrons. The normalized spacial score (nSPS) is 15.5. The summed E-state index contributed by atoms with van der Waals surface area (Å²) in [6, 6.07) is 12.5. The van der Waals surface area contributed by atoms with E-state index in [2.05, 4.69) is 81.6 Å². The molecule has 0 radical (unpaired) electrons. The van der Waals surface area contributed by atoms with E-state index in [-0.39, 0.29) is 0 Å². The van der Waals surface area contributed by atoms with Crippen LogP contribution in [0.4, 0.5) is 11.8 Å². The zero-order valence-corrected chi connectivity index (χ0v) is 17.1. The minimum absolute atomic E-state index is 0.726. The number of anilines is 2. The Morgan fingerprint density at radius 2 is 1.86 bits per heavy atom. The molecule has 1 fully saturated rings. The van der Waals surface area contributed by atoms with Crippen LogP contribution in [0.5, 0.6) is 0 Å². The first-order valence-electron chi connectivity index (χ1n) is 10.1. The van der Waals surface area contributed by atoms with Gasteiger partial charge >= 0.3 is 0 Å². The highest BCUT2D eigenvalue weighted by Gasteiger charge is 2.17. The maximum absolute atomic E-state index is 4.70. The van der Waals surface area contributed by atoms with Crippen LogP contribution in [0, 0.1) is 0 Å². The van der Waals surface area contributed by atoms with Crippen LogP contribution in [0.15, 0.2) is 48.7 Å². The van der Waals surface area contributed by atoms with Gasteiger partial charge in [0.2, 0.25) is 5.95 Å². The van der Waals surface area contributed by atoms with Crippen molar-refractivity contribution in [1.82, 2.24) is 19.8 Å². The van der Waals surface area contributed by atoms with Crippen molar-refractivity contribution < 1.29 is 0 Å². The number of hydrogen-bond donors (Lipinski definition) is 1. The quantitative estimate of drug-likeness (QED) is 0.675. The summed E-state index contributed by atoms with van der Waals surface area (Å²) < 4.78 is 0. The van der Waals surface area contributed by atoms with Crippen LogP contribution in [-0.4, -0.2) is 79.7 Å². The lowest BCUT2D eigenvalue weighted by molar-refractivity contribution is 0.283. The predicted octanol–water partition coefficient (Wildman–Crippen LogP) is 2.68. The summed E-state index contributed by atoms with van der Waals surface area (Å²) >= 11 is 0. The van der Waals surface area contributed by atoms with Gasteiger partial charge in [-0.05, 0) is 38.7 Å². The summed E-state index contributed by atoms with van der Waals surface area (Å²) in [7, 11) is 4.18. The highest BCUT2D eigenvalue weighted by molar-refractivity contribution is 5.49. The maximum atomic E-state index is 4.70. The van der Waals surface area contributed by atoms with Crippen molar-refractivity contribution in [1.29, 1.82) is 0 Å². The van der Waals surface area contributed by atoms with Crippen LogP contribution < -0.4 is 10.2 Å². The highest BCUT2D eigenvalue weighted by atomic mass is 15.3. The fraction of sp³-hybridized carbons (Fsp3) is 0.455. The number of piperazine rings is 1. The second-order valence-corrected chi connectivity index (χ2v) is 7.42. The lowest BCUT2D eigenvalue weighted by Gasteiger charge is -2.34. The average molecular weight is 381 g/mol. The Labute approximate surface area is 168 Å². The van der Waals surface area contributed by atoms with Crippen molar-refractivity contribution >= 4 is 17.8 Å². The van der Waals surface area contributed by atoms with E-state index in [9.17, 15) is 0 Å². The van der Waals surface area contributed by atoms with Gasteiger partial charge in [-0.15, -0.1) is 0 Å². The molecule has 0 bridgehead atoms. The van der Waals surface area contributed by atoms with Gasteiger partial charge in [0.1, 0.15) is 5.82 Å². The smallest absolute Gasteiger partial charge is 0.224 e. The highest BCUT2D eigenvalue weighted by Crippen LogP contribution is 2.15. The van der Waals surface area contributed by atoms with E-state index in [4.69, 9.17) is 4.98 Å². The third-order valence-corrected chi connectivity index (χ3v) is 4.88. The molecule has 0 saturated carbocycles. The minimum Gasteiger partial charge on any atom is -0.354 e. The van der Waals surface area contributed by atoms with Gasteiger partial charge in [-0.2, -0.15) is 4.98 Å². The maximum Gasteiger partial charge on any atom is 0.224 e. The van der Waals surface area contributed by atoms with Crippen LogP contribution in [-0.2, 0) is 0 Å². The monoisotopic (exact) mass is 380 g/mol. The number of aromatic nitrogens is 2. The van der Waals surface area contributed by atoms with Crippen LogP contribution in [0.25, 0.3) is 6.08 Å². The van der Waals surface area contributed by atoms with E-state index >= 15 is 0 Å². The van der Waals surface area contributed by atoms with Crippen LogP contribution >= 0.6 is 0 Å². The number of hydrogen-bond acceptors (Lipinski definition) is 6. The van der Waals surface area contributed by atoms with Gasteiger partial charge in [0.15, 0.2) is 0 Å². The molecule has 0 atom stereocenters. The molecule has 1 aromatic heterocycles. The fourth-order valence-corrected chi connectivity index (χ4v) is 3.27. The van der Waals surface area contributed by atoms with Gasteiger partial charge in [0, 0.05) is 45.5 Å². The number of nitrogens with zero attached hydrogens (tertiary/aromatic N) is 5. The van der Waals surface area contributed by atoms with Crippen LogP contribution in [0.3, 0.4) is 0 Å². The molecule has 0 aliphatic carbocycles. The molecule has 6 heteroatoms. The molecule has 1 aliphatic heterocycles. The Morgan fingerprint density at radius 3 is 2.61 bits per heavy atom. The number of benzene rings is 1. The lowest BCUT2D eigenvalue weighted by atomic mass is 10.2. The van der Waals surface area contributed by atoms with Gasteiger partial charge in [0.25, 0.3) is 0 Å². The first-order chi connectivity index (χ1) is 13.7. The minimum atomic E-state index is 0.726. The Hall–Kier alpha value is -2.44. The van der Waals surface area contributed by atoms with Gasteiger partial charge in [-0.1, -0.05) is 42.5 Å². The van der Waals surface area contributed by atoms with Gasteiger partial charge < -0.3 is 15.1 Å². The third-order valence-electron chi connectivity index (χ3n) is 4.88. The molecular formula is C22H32N6. The van der Waals surface area contributed by atoms with Gasteiger partial charge in [-0.3, -0.25) is 4.90 Å². The second kappa shape index (κ2) is 10.8. The van der Waals surface area contributed by atoms with Crippen molar-refractivity contribution in [2.24, 2.45) is 0 Å². The molecule has 3 rings (SSSR count). The standard InChI is InChI=1S/C22H32N6/c1-26(2)14-7-12-23-22-24-13-11-21(25-22)28-18-16-27(17-19-28)15-6-10-20-8-4-3-5-9-20/h3-6,8-11,13H,7,12,14-19H2,1-2H3,(H,23,24,25)/b10-6+. The zero-order chi connectivity index (χ0) is 19.6. The molecule has 1 aromatic carbocycles. The molecular weight excluding hydrogens is 348 g/mol. The van der Waals surface area contributed by atoms with Crippen molar-refractivity contribution in [3.8, 4) is 0 Å². The summed E-state index contributed by atoms with van der Waals surface area (Å²) in [6.45, 7) is 7.04. The van der Waals surface area contributed by atoms with Gasteiger partial charge in [-0.25, -0.2) is 4.98 Å². The SMILES string of the molecule is CN(C)CCCNc1nccc(N2CCN(C/C=C/c3ccccc3)CC2)n1. The Balaban J connectivity index is 1.43. The second-order valence-electron chi connectivity index (χ2n) is 7.42. The van der Waals surface area contributed by atoms with Gasteiger partial charge in [0.05, 0.1) is 0 Å². The summed E-state index contributed by atoms with van der Waals surface area (Å²) in [5.74, 6) is 1.74. The van der Waals surface area contributed by atoms with E-state index in [1.807, 2.05) is 12.3 Å². The number of rotatable bonds is 9. The molecule has 1 aliphatic rings. The Kier molecular flexibility index (Phi) is 7.82. The predicted molar refractivity (Wildman–Crippen MR) is 118 cm³/mol. The molecule has 1 saturated heterocycles. The molecule has 1 N–H and O–H groups in total. The summed E-state index contributed by atoms with van der Waals surface area (Å²) in [4.78, 5) is 16.1. The Morgan fingerprint density at radius 1 is 1.07 bits per heavy atom. The number of nitrogens with one attached hydrogen (secondary N) is 1. The first kappa shape index (κ1) is 20.3. The molecule has 2 heterocycles. The first-order valence-corrected chi connectivity index (χ1v) is 10.1. The van der Waals surface area contributed by atoms with E-state index in [1.165, 1.54) is 5.56 Å². The average Bonchev–Trinajstić information content (AvgIpc) is 2.73. The van der Waals surface area contributed by atoms with E-state index < -0.39 is 0 Å². The third kappa shape index (κ3) is 6.62. The summed E-state index contributed by atoms with van der Waals surface area (Å²) in [5, 5.41) is 3.34.